The van der Waals surface area contributed by atoms with Gasteiger partial charge < -0.3 is 15.0 Å². The molecule has 2 atom stereocenters. The lowest BCUT2D eigenvalue weighted by molar-refractivity contribution is 0.0700. The summed E-state index contributed by atoms with van der Waals surface area (Å²) in [5, 5.41) is 18.3. The fourth-order valence-electron chi connectivity index (χ4n) is 3.69. The summed E-state index contributed by atoms with van der Waals surface area (Å²) < 4.78 is 4.13. The van der Waals surface area contributed by atoms with Gasteiger partial charge in [-0.1, -0.05) is 12.8 Å². The Bertz CT molecular complexity index is 667. The number of nitrogens with zero attached hydrogens (tertiary/aromatic N) is 5. The summed E-state index contributed by atoms with van der Waals surface area (Å²) >= 11 is 0. The Morgan fingerprint density at radius 3 is 2.96 bits per heavy atom. The van der Waals surface area contributed by atoms with Crippen LogP contribution in [0.4, 0.5) is 0 Å². The second-order valence-electron chi connectivity index (χ2n) is 6.58. The van der Waals surface area contributed by atoms with E-state index >= 15 is 0 Å². The SMILES string of the molecule is Cc1nc(-c2cn3c(n2)CCNCC3)n([C@@H]2CCCC[C@H]2O)n1. The van der Waals surface area contributed by atoms with Crippen molar-refractivity contribution in [3.63, 3.8) is 0 Å². The molecule has 2 aromatic heterocycles. The van der Waals surface area contributed by atoms with Gasteiger partial charge in [0.05, 0.1) is 12.1 Å². The smallest absolute Gasteiger partial charge is 0.178 e. The van der Waals surface area contributed by atoms with Crippen LogP contribution >= 0.6 is 0 Å². The monoisotopic (exact) mass is 316 g/mol. The topological polar surface area (TPSA) is 80.8 Å². The van der Waals surface area contributed by atoms with Crippen LogP contribution in [0.1, 0.15) is 43.4 Å². The lowest BCUT2D eigenvalue weighted by Gasteiger charge is -2.28. The largest absolute Gasteiger partial charge is 0.391 e. The molecule has 1 aliphatic heterocycles. The van der Waals surface area contributed by atoms with Crippen molar-refractivity contribution in [1.82, 2.24) is 29.6 Å². The van der Waals surface area contributed by atoms with Crippen LogP contribution in [0.3, 0.4) is 0 Å². The Morgan fingerprint density at radius 2 is 2.09 bits per heavy atom. The number of hydrogen-bond donors (Lipinski definition) is 2. The second kappa shape index (κ2) is 6.05. The lowest BCUT2D eigenvalue weighted by Crippen LogP contribution is -2.29. The van der Waals surface area contributed by atoms with E-state index in [2.05, 4.69) is 26.2 Å². The molecule has 1 fully saturated rings. The molecule has 2 aliphatic rings. The standard InChI is InChI=1S/C16H24N6O/c1-11-18-16(22(20-11)13-4-2-3-5-14(13)23)12-10-21-9-8-17-7-6-15(21)19-12/h10,13-14,17,23H,2-9H2,1H3/t13-,14-/m1/s1. The van der Waals surface area contributed by atoms with Crippen molar-refractivity contribution in [2.75, 3.05) is 13.1 Å². The Balaban J connectivity index is 1.72. The molecule has 1 aliphatic carbocycles. The van der Waals surface area contributed by atoms with Gasteiger partial charge >= 0.3 is 0 Å². The third-order valence-electron chi connectivity index (χ3n) is 4.89. The number of aryl methyl sites for hydroxylation is 1. The third-order valence-corrected chi connectivity index (χ3v) is 4.89. The van der Waals surface area contributed by atoms with Gasteiger partial charge in [0.25, 0.3) is 0 Å². The fourth-order valence-corrected chi connectivity index (χ4v) is 3.69. The highest BCUT2D eigenvalue weighted by Crippen LogP contribution is 2.31. The van der Waals surface area contributed by atoms with Crippen LogP contribution in [-0.4, -0.2) is 48.6 Å². The van der Waals surface area contributed by atoms with Gasteiger partial charge in [-0.2, -0.15) is 5.10 Å². The quantitative estimate of drug-likeness (QED) is 0.866. The Kier molecular flexibility index (Phi) is 3.90. The van der Waals surface area contributed by atoms with E-state index in [0.717, 1.165) is 74.9 Å². The van der Waals surface area contributed by atoms with Gasteiger partial charge in [0, 0.05) is 32.3 Å². The summed E-state index contributed by atoms with van der Waals surface area (Å²) in [6, 6.07) is 0.0168. The zero-order valence-corrected chi connectivity index (χ0v) is 13.6. The van der Waals surface area contributed by atoms with Gasteiger partial charge in [0.1, 0.15) is 17.3 Å². The predicted octanol–water partition coefficient (Wildman–Crippen LogP) is 1.07. The third kappa shape index (κ3) is 2.79. The molecule has 0 saturated heterocycles. The van der Waals surface area contributed by atoms with Gasteiger partial charge in [-0.15, -0.1) is 0 Å². The van der Waals surface area contributed by atoms with Crippen LogP contribution in [0.15, 0.2) is 6.20 Å². The van der Waals surface area contributed by atoms with Crippen molar-refractivity contribution in [2.45, 2.75) is 57.7 Å². The molecule has 0 amide bonds. The fraction of sp³-hybridized carbons (Fsp3) is 0.688. The van der Waals surface area contributed by atoms with Crippen molar-refractivity contribution in [2.24, 2.45) is 0 Å². The molecule has 7 nitrogen and oxygen atoms in total. The molecule has 23 heavy (non-hydrogen) atoms. The number of aliphatic hydroxyl groups is 1. The van der Waals surface area contributed by atoms with Gasteiger partial charge in [0.15, 0.2) is 5.82 Å². The van der Waals surface area contributed by atoms with Crippen molar-refractivity contribution in [3.05, 3.63) is 17.8 Å². The summed E-state index contributed by atoms with van der Waals surface area (Å²) in [5.41, 5.74) is 0.875. The summed E-state index contributed by atoms with van der Waals surface area (Å²) in [4.78, 5) is 9.40. The summed E-state index contributed by atoms with van der Waals surface area (Å²) in [6.45, 7) is 4.76. The molecule has 2 aromatic rings. The molecule has 1 saturated carbocycles. The van der Waals surface area contributed by atoms with Crippen LogP contribution < -0.4 is 5.32 Å². The van der Waals surface area contributed by atoms with E-state index in [1.165, 1.54) is 0 Å². The zero-order chi connectivity index (χ0) is 15.8. The Labute approximate surface area is 135 Å². The zero-order valence-electron chi connectivity index (χ0n) is 13.6. The minimum Gasteiger partial charge on any atom is -0.391 e. The molecule has 0 bridgehead atoms. The van der Waals surface area contributed by atoms with E-state index in [0.29, 0.717) is 0 Å². The number of aromatic nitrogens is 5. The van der Waals surface area contributed by atoms with Crippen LogP contribution in [0.2, 0.25) is 0 Å². The predicted molar refractivity (Wildman–Crippen MR) is 86.1 cm³/mol. The molecule has 4 rings (SSSR count). The van der Waals surface area contributed by atoms with E-state index in [9.17, 15) is 5.11 Å². The lowest BCUT2D eigenvalue weighted by atomic mass is 9.92. The Hall–Kier alpha value is -1.73. The minimum atomic E-state index is -0.340. The number of fused-ring (bicyclic) bond motifs is 1. The Morgan fingerprint density at radius 1 is 1.22 bits per heavy atom. The van der Waals surface area contributed by atoms with E-state index in [4.69, 9.17) is 4.98 Å². The number of imidazole rings is 1. The molecule has 0 radical (unpaired) electrons. The van der Waals surface area contributed by atoms with Crippen LogP contribution in [0.25, 0.3) is 11.5 Å². The first-order valence-corrected chi connectivity index (χ1v) is 8.61. The van der Waals surface area contributed by atoms with Crippen LogP contribution in [-0.2, 0) is 13.0 Å². The molecule has 124 valence electrons. The van der Waals surface area contributed by atoms with Crippen molar-refractivity contribution >= 4 is 0 Å². The van der Waals surface area contributed by atoms with Crippen molar-refractivity contribution in [3.8, 4) is 11.5 Å². The van der Waals surface area contributed by atoms with E-state index in [1.54, 1.807) is 0 Å². The average Bonchev–Trinajstić information content (AvgIpc) is 3.05. The molecule has 0 unspecified atom stereocenters. The van der Waals surface area contributed by atoms with Crippen LogP contribution in [0, 0.1) is 6.92 Å². The van der Waals surface area contributed by atoms with Crippen molar-refractivity contribution < 1.29 is 5.11 Å². The molecule has 3 heterocycles. The van der Waals surface area contributed by atoms with Gasteiger partial charge in [-0.25, -0.2) is 14.6 Å². The number of rotatable bonds is 2. The highest BCUT2D eigenvalue weighted by atomic mass is 16.3. The molecule has 7 heteroatoms. The highest BCUT2D eigenvalue weighted by molar-refractivity contribution is 5.49. The average molecular weight is 316 g/mol. The maximum absolute atomic E-state index is 10.4. The molecule has 0 spiro atoms. The molecule has 0 aromatic carbocycles. The highest BCUT2D eigenvalue weighted by Gasteiger charge is 2.29. The first-order valence-electron chi connectivity index (χ1n) is 8.61. The first kappa shape index (κ1) is 14.8. The van der Waals surface area contributed by atoms with Gasteiger partial charge in [-0.05, 0) is 19.8 Å². The minimum absolute atomic E-state index is 0.0168. The number of hydrogen-bond acceptors (Lipinski definition) is 5. The molecular formula is C16H24N6O. The number of aliphatic hydroxyl groups excluding tert-OH is 1. The molecular weight excluding hydrogens is 292 g/mol. The van der Waals surface area contributed by atoms with Gasteiger partial charge in [-0.3, -0.25) is 0 Å². The summed E-state index contributed by atoms with van der Waals surface area (Å²) in [6.07, 6.45) is 6.69. The maximum Gasteiger partial charge on any atom is 0.178 e. The van der Waals surface area contributed by atoms with E-state index in [-0.39, 0.29) is 12.1 Å². The molecule has 2 N–H and O–H groups in total. The summed E-state index contributed by atoms with van der Waals surface area (Å²) in [5.74, 6) is 2.63. The second-order valence-corrected chi connectivity index (χ2v) is 6.58. The van der Waals surface area contributed by atoms with E-state index < -0.39 is 0 Å². The van der Waals surface area contributed by atoms with Gasteiger partial charge in [0.2, 0.25) is 0 Å². The normalized spacial score (nSPS) is 25.1. The first-order chi connectivity index (χ1) is 11.2. The maximum atomic E-state index is 10.4. The number of nitrogens with one attached hydrogen (secondary N) is 1. The van der Waals surface area contributed by atoms with E-state index in [1.807, 2.05) is 11.6 Å². The van der Waals surface area contributed by atoms with Crippen molar-refractivity contribution in [1.29, 1.82) is 0 Å². The van der Waals surface area contributed by atoms with Crippen LogP contribution in [0.5, 0.6) is 0 Å². The summed E-state index contributed by atoms with van der Waals surface area (Å²) in [7, 11) is 0.